The lowest BCUT2D eigenvalue weighted by atomic mass is 9.81. The van der Waals surface area contributed by atoms with E-state index in [-0.39, 0.29) is 6.04 Å². The first-order valence-corrected chi connectivity index (χ1v) is 14.8. The third-order valence-electron chi connectivity index (χ3n) is 9.35. The highest BCUT2D eigenvalue weighted by Crippen LogP contribution is 2.51. The summed E-state index contributed by atoms with van der Waals surface area (Å²) in [7, 11) is 2.23. The van der Waals surface area contributed by atoms with Crippen LogP contribution in [-0.4, -0.2) is 39.1 Å². The number of rotatable bonds is 5. The van der Waals surface area contributed by atoms with E-state index < -0.39 is 5.97 Å². The molecule has 2 atom stereocenters. The van der Waals surface area contributed by atoms with Gasteiger partial charge in [-0.1, -0.05) is 43.0 Å². The molecule has 2 aliphatic heterocycles. The molecule has 4 heterocycles. The Morgan fingerprint density at radius 3 is 2.70 bits per heavy atom. The van der Waals surface area contributed by atoms with Gasteiger partial charge in [0.25, 0.3) is 0 Å². The summed E-state index contributed by atoms with van der Waals surface area (Å²) in [5.74, 6) is 0.899. The largest absolute Gasteiger partial charge is 0.489 e. The van der Waals surface area contributed by atoms with E-state index in [9.17, 15) is 9.90 Å². The minimum atomic E-state index is -0.873. The van der Waals surface area contributed by atoms with E-state index in [4.69, 9.17) is 16.3 Å². The third-order valence-corrected chi connectivity index (χ3v) is 9.57. The van der Waals surface area contributed by atoms with Crippen LogP contribution in [0.25, 0.3) is 22.2 Å². The summed E-state index contributed by atoms with van der Waals surface area (Å²) in [5.41, 5.74) is 7.67. The average Bonchev–Trinajstić information content (AvgIpc) is 3.45. The predicted molar refractivity (Wildman–Crippen MR) is 157 cm³/mol. The highest BCUT2D eigenvalue weighted by Gasteiger charge is 2.40. The van der Waals surface area contributed by atoms with E-state index in [2.05, 4.69) is 45.8 Å². The second-order valence-corrected chi connectivity index (χ2v) is 12.1. The summed E-state index contributed by atoms with van der Waals surface area (Å²) in [5, 5.41) is 11.5. The van der Waals surface area contributed by atoms with Crippen molar-refractivity contribution in [2.75, 3.05) is 13.6 Å². The number of halogens is 1. The monoisotopic (exact) mass is 555 g/mol. The molecule has 2 aromatic heterocycles. The Bertz CT molecular complexity index is 1590. The Kier molecular flexibility index (Phi) is 6.56. The van der Waals surface area contributed by atoms with Crippen molar-refractivity contribution in [2.24, 2.45) is 5.92 Å². The van der Waals surface area contributed by atoms with Crippen LogP contribution in [0.4, 0.5) is 0 Å². The average molecular weight is 556 g/mol. The van der Waals surface area contributed by atoms with Crippen LogP contribution in [0.15, 0.2) is 54.7 Å². The Hall–Kier alpha value is -3.35. The normalized spacial score (nSPS) is 21.1. The van der Waals surface area contributed by atoms with Crippen molar-refractivity contribution < 1.29 is 14.6 Å². The molecule has 0 unspecified atom stereocenters. The highest BCUT2D eigenvalue weighted by molar-refractivity contribution is 6.29. The van der Waals surface area contributed by atoms with Gasteiger partial charge >= 0.3 is 5.97 Å². The second kappa shape index (κ2) is 10.2. The van der Waals surface area contributed by atoms with Gasteiger partial charge in [0.1, 0.15) is 17.5 Å². The van der Waals surface area contributed by atoms with Crippen LogP contribution in [0.5, 0.6) is 5.75 Å². The molecule has 1 N–H and O–H groups in total. The van der Waals surface area contributed by atoms with Crippen LogP contribution in [0, 0.1) is 5.92 Å². The molecular formula is C33H34ClN3O3. The topological polar surface area (TPSA) is 67.6 Å². The molecule has 4 aromatic rings. The van der Waals surface area contributed by atoms with E-state index in [0.29, 0.717) is 29.2 Å². The zero-order chi connectivity index (χ0) is 27.4. The Balaban J connectivity index is 1.40. The molecule has 206 valence electrons. The highest BCUT2D eigenvalue weighted by atomic mass is 35.5. The number of carboxylic acids is 1. The zero-order valence-corrected chi connectivity index (χ0v) is 23.5. The van der Waals surface area contributed by atoms with Crippen LogP contribution in [0.1, 0.15) is 77.5 Å². The van der Waals surface area contributed by atoms with Crippen LogP contribution < -0.4 is 4.74 Å². The van der Waals surface area contributed by atoms with E-state index in [1.165, 1.54) is 59.9 Å². The molecule has 1 saturated carbocycles. The van der Waals surface area contributed by atoms with Crippen molar-refractivity contribution in [3.05, 3.63) is 82.1 Å². The van der Waals surface area contributed by atoms with E-state index >= 15 is 0 Å². The quantitative estimate of drug-likeness (QED) is 0.256. The van der Waals surface area contributed by atoms with Crippen molar-refractivity contribution in [1.29, 1.82) is 0 Å². The van der Waals surface area contributed by atoms with Crippen LogP contribution in [0.2, 0.25) is 5.15 Å². The van der Waals surface area contributed by atoms with E-state index in [1.54, 1.807) is 18.3 Å². The van der Waals surface area contributed by atoms with Gasteiger partial charge in [-0.15, -0.1) is 0 Å². The lowest BCUT2D eigenvalue weighted by molar-refractivity contribution is 0.0697. The summed E-state index contributed by atoms with van der Waals surface area (Å²) in [4.78, 5) is 18.7. The number of nitrogens with zero attached hydrogens (tertiary/aromatic N) is 3. The number of hydrogen-bond acceptors (Lipinski definition) is 4. The maximum Gasteiger partial charge on any atom is 0.335 e. The molecule has 0 spiro atoms. The number of carboxylic acid groups (broad SMARTS) is 1. The van der Waals surface area contributed by atoms with Gasteiger partial charge < -0.3 is 14.4 Å². The molecule has 0 amide bonds. The summed E-state index contributed by atoms with van der Waals surface area (Å²) in [6, 6.07) is 16.4. The van der Waals surface area contributed by atoms with Crippen molar-refractivity contribution in [2.45, 2.75) is 63.6 Å². The van der Waals surface area contributed by atoms with Crippen molar-refractivity contribution in [3.8, 4) is 17.0 Å². The van der Waals surface area contributed by atoms with Gasteiger partial charge in [-0.05, 0) is 92.2 Å². The molecule has 7 heteroatoms. The van der Waals surface area contributed by atoms with Gasteiger partial charge in [0.2, 0.25) is 0 Å². The number of aromatic carboxylic acids is 1. The maximum absolute atomic E-state index is 12.0. The van der Waals surface area contributed by atoms with Crippen LogP contribution >= 0.6 is 11.6 Å². The first-order chi connectivity index (χ1) is 19.5. The summed E-state index contributed by atoms with van der Waals surface area (Å²) >= 11 is 5.96. The molecule has 40 heavy (non-hydrogen) atoms. The Morgan fingerprint density at radius 2 is 1.93 bits per heavy atom. The number of likely N-dealkylation sites (tertiary alicyclic amines) is 1. The number of pyridine rings is 1. The number of fused-ring (bicyclic) bond motifs is 7. The molecule has 1 aliphatic carbocycles. The van der Waals surface area contributed by atoms with Crippen LogP contribution in [0.3, 0.4) is 0 Å². The zero-order valence-electron chi connectivity index (χ0n) is 22.8. The minimum Gasteiger partial charge on any atom is -0.489 e. The minimum absolute atomic E-state index is 0.285. The van der Waals surface area contributed by atoms with Crippen molar-refractivity contribution >= 4 is 28.5 Å². The lowest BCUT2D eigenvalue weighted by Gasteiger charge is -2.26. The van der Waals surface area contributed by atoms with Crippen LogP contribution in [-0.2, 0) is 13.2 Å². The molecule has 1 saturated heterocycles. The SMILES string of the molecule is CN1CC[C@H]2Cn3c(c(C4CCCCC4)c4ccc(C(=O)O)cc43)-c3ccc(OCc4ccc(Cl)nc4)cc3[C@H]21. The number of benzene rings is 2. The van der Waals surface area contributed by atoms with E-state index in [1.807, 2.05) is 12.1 Å². The fraction of sp³-hybridized carbons (Fsp3) is 0.394. The molecule has 2 aromatic carbocycles. The van der Waals surface area contributed by atoms with E-state index in [0.717, 1.165) is 36.3 Å². The molecule has 0 bridgehead atoms. The van der Waals surface area contributed by atoms with Gasteiger partial charge in [-0.2, -0.15) is 0 Å². The van der Waals surface area contributed by atoms with Gasteiger partial charge in [0.15, 0.2) is 0 Å². The van der Waals surface area contributed by atoms with Gasteiger partial charge in [-0.3, -0.25) is 4.90 Å². The fourth-order valence-electron chi connectivity index (χ4n) is 7.49. The molecule has 3 aliphatic rings. The molecule has 2 fully saturated rings. The Morgan fingerprint density at radius 1 is 1.07 bits per heavy atom. The maximum atomic E-state index is 12.0. The first-order valence-electron chi connectivity index (χ1n) is 14.4. The van der Waals surface area contributed by atoms with Crippen molar-refractivity contribution in [1.82, 2.24) is 14.5 Å². The molecule has 6 nitrogen and oxygen atoms in total. The number of ether oxygens (including phenoxy) is 1. The second-order valence-electron chi connectivity index (χ2n) is 11.7. The standard InChI is InChI=1S/C33H34ClN3O3/c1-36-14-13-23-18-37-28-15-22(33(38)39)8-10-26(28)30(21-5-3-2-4-6-21)32(37)25-11-9-24(16-27(25)31(23)36)40-19-20-7-12-29(34)35-17-20/h7-12,15-17,21,23,31H,2-6,13-14,18-19H2,1H3,(H,38,39)/t23-,31-/m0/s1. The Labute approximate surface area is 239 Å². The third kappa shape index (κ3) is 4.38. The summed E-state index contributed by atoms with van der Waals surface area (Å²) in [6.45, 7) is 2.36. The number of aromatic nitrogens is 2. The smallest absolute Gasteiger partial charge is 0.335 e. The summed E-state index contributed by atoms with van der Waals surface area (Å²) < 4.78 is 8.75. The summed E-state index contributed by atoms with van der Waals surface area (Å²) in [6.07, 6.45) is 9.03. The fourth-order valence-corrected chi connectivity index (χ4v) is 7.60. The van der Waals surface area contributed by atoms with Gasteiger partial charge in [0, 0.05) is 40.8 Å². The predicted octanol–water partition coefficient (Wildman–Crippen LogP) is 7.69. The molecular weight excluding hydrogens is 522 g/mol. The lowest BCUT2D eigenvalue weighted by Crippen LogP contribution is -2.22. The number of carbonyl (C=O) groups is 1. The first kappa shape index (κ1) is 25.6. The molecule has 7 rings (SSSR count). The van der Waals surface area contributed by atoms with Gasteiger partial charge in [-0.25, -0.2) is 9.78 Å². The number of hydrogen-bond donors (Lipinski definition) is 1. The molecule has 0 radical (unpaired) electrons. The van der Waals surface area contributed by atoms with Crippen molar-refractivity contribution in [3.63, 3.8) is 0 Å². The van der Waals surface area contributed by atoms with Gasteiger partial charge in [0.05, 0.1) is 11.3 Å².